The first-order valence-corrected chi connectivity index (χ1v) is 4.91. The van der Waals surface area contributed by atoms with Crippen LogP contribution in [0.15, 0.2) is 30.4 Å². The number of carboxylic acid groups (broad SMARTS) is 1. The number of nitrogens with one attached hydrogen (secondary N) is 1. The highest BCUT2D eigenvalue weighted by molar-refractivity contribution is 6.01. The number of nitro groups is 1. The number of carbonyl (C=O) groups is 2. The summed E-state index contributed by atoms with van der Waals surface area (Å²) in [5.41, 5.74) is -0.730. The fraction of sp³-hybridized carbons (Fsp3) is 0.0909. The first kappa shape index (κ1) is 13.4. The lowest BCUT2D eigenvalue weighted by Crippen LogP contribution is -2.10. The normalized spacial score (nSPS) is 10.3. The third-order valence-electron chi connectivity index (χ3n) is 2.02. The van der Waals surface area contributed by atoms with E-state index in [1.54, 1.807) is 6.92 Å². The summed E-state index contributed by atoms with van der Waals surface area (Å²) in [5, 5.41) is 21.8. The molecule has 1 aromatic rings. The first-order valence-electron chi connectivity index (χ1n) is 4.91. The molecular weight excluding hydrogens is 240 g/mol. The van der Waals surface area contributed by atoms with E-state index in [0.29, 0.717) is 0 Å². The molecule has 7 nitrogen and oxygen atoms in total. The third kappa shape index (κ3) is 3.14. The Kier molecular flexibility index (Phi) is 4.14. The van der Waals surface area contributed by atoms with Gasteiger partial charge in [0.25, 0.3) is 5.69 Å². The molecule has 1 aromatic carbocycles. The van der Waals surface area contributed by atoms with E-state index in [9.17, 15) is 19.7 Å². The van der Waals surface area contributed by atoms with Crippen LogP contribution < -0.4 is 5.32 Å². The molecule has 18 heavy (non-hydrogen) atoms. The van der Waals surface area contributed by atoms with E-state index in [2.05, 4.69) is 5.32 Å². The summed E-state index contributed by atoms with van der Waals surface area (Å²) >= 11 is 0. The molecule has 0 saturated carbocycles. The van der Waals surface area contributed by atoms with Gasteiger partial charge in [0.15, 0.2) is 0 Å². The summed E-state index contributed by atoms with van der Waals surface area (Å²) < 4.78 is 0. The fourth-order valence-corrected chi connectivity index (χ4v) is 1.25. The van der Waals surface area contributed by atoms with E-state index in [-0.39, 0.29) is 11.3 Å². The summed E-state index contributed by atoms with van der Waals surface area (Å²) in [6.45, 7) is 1.63. The van der Waals surface area contributed by atoms with Crippen molar-refractivity contribution in [3.8, 4) is 0 Å². The number of nitro benzene ring substituents is 1. The van der Waals surface area contributed by atoms with Crippen molar-refractivity contribution < 1.29 is 19.6 Å². The molecule has 0 atom stereocenters. The Bertz CT molecular complexity index is 536. The summed E-state index contributed by atoms with van der Waals surface area (Å²) in [5.74, 6) is -1.80. The molecule has 94 valence electrons. The Hall–Kier alpha value is -2.70. The van der Waals surface area contributed by atoms with Gasteiger partial charge in [-0.1, -0.05) is 6.08 Å². The quantitative estimate of drug-likeness (QED) is 0.481. The van der Waals surface area contributed by atoms with Crippen molar-refractivity contribution >= 4 is 23.3 Å². The molecule has 0 bridgehead atoms. The standard InChI is InChI=1S/C11H10N2O5/c1-2-3-10(14)12-8-5-4-7(11(15)16)6-9(8)13(17)18/h2-6H,1H3,(H,12,14)(H,15,16). The molecule has 0 radical (unpaired) electrons. The van der Waals surface area contributed by atoms with Crippen molar-refractivity contribution in [3.05, 3.63) is 46.0 Å². The van der Waals surface area contributed by atoms with Gasteiger partial charge in [-0.3, -0.25) is 14.9 Å². The molecule has 0 aliphatic rings. The average molecular weight is 250 g/mol. The van der Waals surface area contributed by atoms with Gasteiger partial charge in [-0.05, 0) is 25.1 Å². The molecule has 0 saturated heterocycles. The van der Waals surface area contributed by atoms with Crippen LogP contribution >= 0.6 is 0 Å². The molecular formula is C11H10N2O5. The third-order valence-corrected chi connectivity index (χ3v) is 2.02. The van der Waals surface area contributed by atoms with Gasteiger partial charge in [0.05, 0.1) is 10.5 Å². The largest absolute Gasteiger partial charge is 0.478 e. The number of nitrogens with zero attached hydrogens (tertiary/aromatic N) is 1. The van der Waals surface area contributed by atoms with Gasteiger partial charge in [-0.15, -0.1) is 0 Å². The second-order valence-corrected chi connectivity index (χ2v) is 3.28. The maximum absolute atomic E-state index is 11.3. The number of hydrogen-bond donors (Lipinski definition) is 2. The van der Waals surface area contributed by atoms with Gasteiger partial charge in [0.2, 0.25) is 5.91 Å². The van der Waals surface area contributed by atoms with Crippen LogP contribution in [-0.2, 0) is 4.79 Å². The van der Waals surface area contributed by atoms with Crippen molar-refractivity contribution in [3.63, 3.8) is 0 Å². The molecule has 0 unspecified atom stereocenters. The summed E-state index contributed by atoms with van der Waals surface area (Å²) in [7, 11) is 0. The van der Waals surface area contributed by atoms with Crippen molar-refractivity contribution in [2.24, 2.45) is 0 Å². The van der Waals surface area contributed by atoms with Crippen LogP contribution in [0.4, 0.5) is 11.4 Å². The SMILES string of the molecule is CC=CC(=O)Nc1ccc(C(=O)O)cc1[N+](=O)[O-]. The molecule has 2 N–H and O–H groups in total. The second kappa shape index (κ2) is 5.58. The van der Waals surface area contributed by atoms with Crippen LogP contribution in [0.5, 0.6) is 0 Å². The fourth-order valence-electron chi connectivity index (χ4n) is 1.25. The number of allylic oxidation sites excluding steroid dienone is 1. The first-order chi connectivity index (χ1) is 8.45. The Morgan fingerprint density at radius 3 is 2.61 bits per heavy atom. The van der Waals surface area contributed by atoms with Crippen molar-refractivity contribution in [1.29, 1.82) is 0 Å². The molecule has 0 aliphatic heterocycles. The molecule has 0 heterocycles. The molecule has 1 rings (SSSR count). The summed E-state index contributed by atoms with van der Waals surface area (Å²) in [4.78, 5) is 32.0. The van der Waals surface area contributed by atoms with Crippen LogP contribution in [0.3, 0.4) is 0 Å². The number of aromatic carboxylic acids is 1. The number of anilines is 1. The molecule has 7 heteroatoms. The molecule has 0 fully saturated rings. The summed E-state index contributed by atoms with van der Waals surface area (Å²) in [6, 6.07) is 3.26. The van der Waals surface area contributed by atoms with Crippen molar-refractivity contribution in [2.45, 2.75) is 6.92 Å². The Balaban J connectivity index is 3.15. The number of hydrogen-bond acceptors (Lipinski definition) is 4. The topological polar surface area (TPSA) is 110 Å². The minimum atomic E-state index is -1.27. The summed E-state index contributed by atoms with van der Waals surface area (Å²) in [6.07, 6.45) is 2.68. The Labute approximate surface area is 102 Å². The van der Waals surface area contributed by atoms with Gasteiger partial charge in [-0.2, -0.15) is 0 Å². The Morgan fingerprint density at radius 2 is 2.11 bits per heavy atom. The highest BCUT2D eigenvalue weighted by atomic mass is 16.6. The van der Waals surface area contributed by atoms with E-state index >= 15 is 0 Å². The number of amides is 1. The number of rotatable bonds is 4. The predicted molar refractivity (Wildman–Crippen MR) is 63.5 cm³/mol. The molecule has 0 aromatic heterocycles. The second-order valence-electron chi connectivity index (χ2n) is 3.28. The van der Waals surface area contributed by atoms with Gasteiger partial charge in [0.1, 0.15) is 5.69 Å². The monoisotopic (exact) mass is 250 g/mol. The zero-order valence-corrected chi connectivity index (χ0v) is 9.41. The van der Waals surface area contributed by atoms with Gasteiger partial charge in [-0.25, -0.2) is 4.79 Å². The van der Waals surface area contributed by atoms with E-state index in [1.807, 2.05) is 0 Å². The van der Waals surface area contributed by atoms with Crippen LogP contribution in [0, 0.1) is 10.1 Å². The lowest BCUT2D eigenvalue weighted by Gasteiger charge is -2.04. The lowest BCUT2D eigenvalue weighted by atomic mass is 10.1. The maximum Gasteiger partial charge on any atom is 0.335 e. The lowest BCUT2D eigenvalue weighted by molar-refractivity contribution is -0.384. The average Bonchev–Trinajstić information content (AvgIpc) is 2.29. The number of benzene rings is 1. The zero-order valence-electron chi connectivity index (χ0n) is 9.41. The Morgan fingerprint density at radius 1 is 1.44 bits per heavy atom. The van der Waals surface area contributed by atoms with Crippen LogP contribution in [0.25, 0.3) is 0 Å². The molecule has 0 aliphatic carbocycles. The smallest absolute Gasteiger partial charge is 0.335 e. The molecule has 0 spiro atoms. The maximum atomic E-state index is 11.3. The number of carboxylic acids is 1. The van der Waals surface area contributed by atoms with E-state index in [0.717, 1.165) is 6.07 Å². The number of carbonyl (C=O) groups excluding carboxylic acids is 1. The van der Waals surface area contributed by atoms with Gasteiger partial charge < -0.3 is 10.4 Å². The molecule has 1 amide bonds. The minimum Gasteiger partial charge on any atom is -0.478 e. The van der Waals surface area contributed by atoms with E-state index in [1.165, 1.54) is 24.3 Å². The minimum absolute atomic E-state index is 0.0481. The van der Waals surface area contributed by atoms with Gasteiger partial charge in [0, 0.05) is 6.07 Å². The highest BCUT2D eigenvalue weighted by Crippen LogP contribution is 2.25. The van der Waals surface area contributed by atoms with Gasteiger partial charge >= 0.3 is 5.97 Å². The predicted octanol–water partition coefficient (Wildman–Crippen LogP) is 1.81. The van der Waals surface area contributed by atoms with E-state index in [4.69, 9.17) is 5.11 Å². The zero-order chi connectivity index (χ0) is 13.7. The highest BCUT2D eigenvalue weighted by Gasteiger charge is 2.18. The van der Waals surface area contributed by atoms with Crippen LogP contribution in [0.1, 0.15) is 17.3 Å². The van der Waals surface area contributed by atoms with E-state index < -0.39 is 22.5 Å². The van der Waals surface area contributed by atoms with Crippen LogP contribution in [0.2, 0.25) is 0 Å². The van der Waals surface area contributed by atoms with Crippen molar-refractivity contribution in [2.75, 3.05) is 5.32 Å². The van der Waals surface area contributed by atoms with Crippen molar-refractivity contribution in [1.82, 2.24) is 0 Å². The van der Waals surface area contributed by atoms with Crippen LogP contribution in [-0.4, -0.2) is 21.9 Å².